The number of rotatable bonds is 2. The van der Waals surface area contributed by atoms with Crippen LogP contribution in [0.3, 0.4) is 0 Å². The SMILES string of the molecule is CCc1cccc(C2CN[CH]CC2=O)c1. The van der Waals surface area contributed by atoms with E-state index < -0.39 is 0 Å². The van der Waals surface area contributed by atoms with Gasteiger partial charge in [-0.2, -0.15) is 0 Å². The maximum Gasteiger partial charge on any atom is 0.143 e. The fourth-order valence-electron chi connectivity index (χ4n) is 1.96. The van der Waals surface area contributed by atoms with Crippen molar-refractivity contribution in [2.75, 3.05) is 6.54 Å². The number of benzene rings is 1. The molecule has 1 heterocycles. The molecular formula is C13H16NO. The van der Waals surface area contributed by atoms with E-state index in [9.17, 15) is 4.79 Å². The molecule has 2 heteroatoms. The Labute approximate surface area is 90.7 Å². The minimum atomic E-state index is 0.0431. The van der Waals surface area contributed by atoms with Crippen LogP contribution < -0.4 is 5.32 Å². The van der Waals surface area contributed by atoms with Gasteiger partial charge in [-0.05, 0) is 17.5 Å². The molecule has 15 heavy (non-hydrogen) atoms. The van der Waals surface area contributed by atoms with Gasteiger partial charge >= 0.3 is 0 Å². The number of Topliss-reactive ketones (excluding diaryl/α,β-unsaturated/α-hetero) is 1. The number of ketones is 1. The Morgan fingerprint density at radius 1 is 1.47 bits per heavy atom. The third-order valence-corrected chi connectivity index (χ3v) is 2.92. The lowest BCUT2D eigenvalue weighted by molar-refractivity contribution is -0.120. The zero-order valence-corrected chi connectivity index (χ0v) is 8.99. The Morgan fingerprint density at radius 2 is 2.33 bits per heavy atom. The highest BCUT2D eigenvalue weighted by molar-refractivity contribution is 5.87. The van der Waals surface area contributed by atoms with E-state index in [0.29, 0.717) is 12.2 Å². The van der Waals surface area contributed by atoms with Gasteiger partial charge in [0.2, 0.25) is 0 Å². The molecule has 79 valence electrons. The van der Waals surface area contributed by atoms with E-state index in [1.165, 1.54) is 5.56 Å². The van der Waals surface area contributed by atoms with Crippen LogP contribution in [0.1, 0.15) is 30.4 Å². The molecule has 1 unspecified atom stereocenters. The van der Waals surface area contributed by atoms with E-state index in [1.54, 1.807) is 0 Å². The smallest absolute Gasteiger partial charge is 0.143 e. The lowest BCUT2D eigenvalue weighted by atomic mass is 9.89. The van der Waals surface area contributed by atoms with Crippen LogP contribution in [0.25, 0.3) is 0 Å². The Morgan fingerprint density at radius 3 is 3.07 bits per heavy atom. The van der Waals surface area contributed by atoms with Gasteiger partial charge in [-0.3, -0.25) is 4.79 Å². The second-order valence-electron chi connectivity index (χ2n) is 3.93. The van der Waals surface area contributed by atoms with Crippen LogP contribution in [0.15, 0.2) is 24.3 Å². The number of nitrogens with one attached hydrogen (secondary N) is 1. The first-order valence-electron chi connectivity index (χ1n) is 5.48. The van der Waals surface area contributed by atoms with Crippen LogP contribution >= 0.6 is 0 Å². The fraction of sp³-hybridized carbons (Fsp3) is 0.385. The molecule has 1 aromatic rings. The van der Waals surface area contributed by atoms with Crippen molar-refractivity contribution in [2.24, 2.45) is 0 Å². The van der Waals surface area contributed by atoms with Gasteiger partial charge in [0.15, 0.2) is 0 Å². The first kappa shape index (κ1) is 10.4. The average molecular weight is 202 g/mol. The summed E-state index contributed by atoms with van der Waals surface area (Å²) in [6, 6.07) is 8.35. The number of hydrogen-bond acceptors (Lipinski definition) is 2. The summed E-state index contributed by atoms with van der Waals surface area (Å²) < 4.78 is 0. The number of carbonyl (C=O) groups excluding carboxylic acids is 1. The zero-order valence-electron chi connectivity index (χ0n) is 8.99. The summed E-state index contributed by atoms with van der Waals surface area (Å²) in [6.45, 7) is 4.72. The summed E-state index contributed by atoms with van der Waals surface area (Å²) in [6.07, 6.45) is 1.56. The molecule has 1 radical (unpaired) electrons. The van der Waals surface area contributed by atoms with E-state index in [-0.39, 0.29) is 5.92 Å². The Kier molecular flexibility index (Phi) is 3.17. The molecule has 2 rings (SSSR count). The minimum Gasteiger partial charge on any atom is -0.311 e. The molecule has 0 saturated carbocycles. The first-order valence-corrected chi connectivity index (χ1v) is 5.48. The van der Waals surface area contributed by atoms with Gasteiger partial charge in [0.05, 0.1) is 5.92 Å². The highest BCUT2D eigenvalue weighted by Crippen LogP contribution is 2.22. The Bertz CT molecular complexity index is 359. The van der Waals surface area contributed by atoms with Crippen LogP contribution in [0, 0.1) is 6.54 Å². The lowest BCUT2D eigenvalue weighted by Gasteiger charge is -2.22. The van der Waals surface area contributed by atoms with Gasteiger partial charge in [0.25, 0.3) is 0 Å². The monoisotopic (exact) mass is 202 g/mol. The summed E-state index contributed by atoms with van der Waals surface area (Å²) in [5, 5.41) is 3.16. The van der Waals surface area contributed by atoms with Gasteiger partial charge in [0, 0.05) is 19.5 Å². The second-order valence-corrected chi connectivity index (χ2v) is 3.93. The summed E-state index contributed by atoms with van der Waals surface area (Å²) in [7, 11) is 0. The predicted octanol–water partition coefficient (Wildman–Crippen LogP) is 2.06. The van der Waals surface area contributed by atoms with Crippen molar-refractivity contribution in [3.05, 3.63) is 41.9 Å². The van der Waals surface area contributed by atoms with Crippen LogP contribution in [0.4, 0.5) is 0 Å². The standard InChI is InChI=1S/C13H16NO/c1-2-10-4-3-5-11(8-10)12-9-14-7-6-13(12)15/h3-5,7-8,12,14H,2,6,9H2,1H3. The van der Waals surface area contributed by atoms with Crippen molar-refractivity contribution < 1.29 is 4.79 Å². The molecule has 1 aliphatic heterocycles. The van der Waals surface area contributed by atoms with Gasteiger partial charge in [-0.1, -0.05) is 31.2 Å². The largest absolute Gasteiger partial charge is 0.311 e. The molecule has 0 aliphatic carbocycles. The van der Waals surface area contributed by atoms with Crippen LogP contribution in [-0.2, 0) is 11.2 Å². The summed E-state index contributed by atoms with van der Waals surface area (Å²) in [4.78, 5) is 11.7. The van der Waals surface area contributed by atoms with Gasteiger partial charge in [0.1, 0.15) is 5.78 Å². The lowest BCUT2D eigenvalue weighted by Crippen LogP contribution is -2.32. The Hall–Kier alpha value is -1.15. The van der Waals surface area contributed by atoms with Crippen molar-refractivity contribution in [1.29, 1.82) is 0 Å². The molecule has 0 amide bonds. The number of aryl methyl sites for hydroxylation is 1. The highest BCUT2D eigenvalue weighted by Gasteiger charge is 2.23. The molecule has 0 spiro atoms. The van der Waals surface area contributed by atoms with Gasteiger partial charge in [-0.25, -0.2) is 0 Å². The van der Waals surface area contributed by atoms with Crippen LogP contribution in [0.2, 0.25) is 0 Å². The van der Waals surface area contributed by atoms with Crippen LogP contribution in [-0.4, -0.2) is 12.3 Å². The quantitative estimate of drug-likeness (QED) is 0.795. The molecule has 1 aliphatic rings. The predicted molar refractivity (Wildman–Crippen MR) is 60.5 cm³/mol. The summed E-state index contributed by atoms with van der Waals surface area (Å²) >= 11 is 0. The van der Waals surface area contributed by atoms with Crippen molar-refractivity contribution >= 4 is 5.78 Å². The summed E-state index contributed by atoms with van der Waals surface area (Å²) in [5.74, 6) is 0.364. The van der Waals surface area contributed by atoms with Crippen molar-refractivity contribution in [3.8, 4) is 0 Å². The molecular weight excluding hydrogens is 186 g/mol. The van der Waals surface area contributed by atoms with Gasteiger partial charge in [-0.15, -0.1) is 0 Å². The fourth-order valence-corrected chi connectivity index (χ4v) is 1.96. The topological polar surface area (TPSA) is 29.1 Å². The van der Waals surface area contributed by atoms with Gasteiger partial charge < -0.3 is 5.32 Å². The number of hydrogen-bond donors (Lipinski definition) is 1. The third-order valence-electron chi connectivity index (χ3n) is 2.92. The maximum atomic E-state index is 11.7. The molecule has 0 aromatic heterocycles. The number of piperidine rings is 1. The molecule has 1 fully saturated rings. The molecule has 1 aromatic carbocycles. The third kappa shape index (κ3) is 2.26. The summed E-state index contributed by atoms with van der Waals surface area (Å²) in [5.41, 5.74) is 2.45. The number of carbonyl (C=O) groups is 1. The molecule has 1 N–H and O–H groups in total. The molecule has 1 saturated heterocycles. The molecule has 1 atom stereocenters. The van der Waals surface area contributed by atoms with E-state index >= 15 is 0 Å². The first-order chi connectivity index (χ1) is 7.31. The highest BCUT2D eigenvalue weighted by atomic mass is 16.1. The average Bonchev–Trinajstić information content (AvgIpc) is 2.30. The van der Waals surface area contributed by atoms with Crippen molar-refractivity contribution in [1.82, 2.24) is 5.32 Å². The second kappa shape index (κ2) is 4.58. The Balaban J connectivity index is 2.23. The van der Waals surface area contributed by atoms with E-state index in [1.807, 2.05) is 12.6 Å². The maximum absolute atomic E-state index is 11.7. The van der Waals surface area contributed by atoms with E-state index in [0.717, 1.165) is 18.5 Å². The van der Waals surface area contributed by atoms with Crippen molar-refractivity contribution in [3.63, 3.8) is 0 Å². The molecule has 2 nitrogen and oxygen atoms in total. The van der Waals surface area contributed by atoms with E-state index in [2.05, 4.69) is 30.4 Å². The molecule has 0 bridgehead atoms. The normalized spacial score (nSPS) is 21.7. The van der Waals surface area contributed by atoms with Crippen molar-refractivity contribution in [2.45, 2.75) is 25.7 Å². The van der Waals surface area contributed by atoms with Crippen LogP contribution in [0.5, 0.6) is 0 Å². The van der Waals surface area contributed by atoms with E-state index in [4.69, 9.17) is 0 Å². The zero-order chi connectivity index (χ0) is 10.7. The minimum absolute atomic E-state index is 0.0431.